The number of hydrogen-bond donors (Lipinski definition) is 1. The second kappa shape index (κ2) is 9.33. The number of carbonyl (C=O) groups excluding carboxylic acids is 1. The van der Waals surface area contributed by atoms with Gasteiger partial charge >= 0.3 is 0 Å². The summed E-state index contributed by atoms with van der Waals surface area (Å²) >= 11 is 1.96. The van der Waals surface area contributed by atoms with E-state index >= 15 is 0 Å². The molecule has 1 fully saturated rings. The van der Waals surface area contributed by atoms with Crippen LogP contribution in [0.25, 0.3) is 0 Å². The van der Waals surface area contributed by atoms with Crippen molar-refractivity contribution < 1.29 is 9.53 Å². The molecule has 0 unspecified atom stereocenters. The number of hydrogen-bond acceptors (Lipinski definition) is 3. The normalized spacial score (nSPS) is 15.2. The first kappa shape index (κ1) is 17.6. The summed E-state index contributed by atoms with van der Waals surface area (Å²) in [6.45, 7) is 0. The highest BCUT2D eigenvalue weighted by molar-refractivity contribution is 8.00. The lowest BCUT2D eigenvalue weighted by molar-refractivity contribution is -0.112. The molecule has 1 amide bonds. The molecule has 3 nitrogen and oxygen atoms in total. The Kier molecular flexibility index (Phi) is 6.57. The number of nitrogens with one attached hydrogen (secondary N) is 1. The minimum atomic E-state index is -0.205. The lowest BCUT2D eigenvalue weighted by atomic mass is 10.0. The van der Waals surface area contributed by atoms with Crippen molar-refractivity contribution in [2.24, 2.45) is 0 Å². The molecule has 2 aromatic rings. The number of thioether (sulfide) groups is 1. The third-order valence-corrected chi connectivity index (χ3v) is 5.49. The van der Waals surface area contributed by atoms with Gasteiger partial charge in [-0.15, -0.1) is 11.8 Å². The summed E-state index contributed by atoms with van der Waals surface area (Å²) in [4.78, 5) is 13.2. The summed E-state index contributed by atoms with van der Waals surface area (Å²) in [5.41, 5.74) is 0.794. The number of amides is 1. The van der Waals surface area contributed by atoms with Crippen molar-refractivity contribution in [1.29, 1.82) is 0 Å². The highest BCUT2D eigenvalue weighted by Crippen LogP contribution is 2.33. The molecular formula is C21H23NO2S. The largest absolute Gasteiger partial charge is 0.465 e. The van der Waals surface area contributed by atoms with Gasteiger partial charge in [0, 0.05) is 21.9 Å². The number of benzene rings is 2. The average molecular weight is 353 g/mol. The van der Waals surface area contributed by atoms with Crippen molar-refractivity contribution >= 4 is 23.4 Å². The van der Waals surface area contributed by atoms with E-state index in [1.165, 1.54) is 49.3 Å². The number of rotatable bonds is 6. The van der Waals surface area contributed by atoms with Gasteiger partial charge in [0.15, 0.2) is 0 Å². The minimum Gasteiger partial charge on any atom is -0.465 e. The number of carbonyl (C=O) groups is 1. The molecule has 0 spiro atoms. The molecule has 130 valence electrons. The molecular weight excluding hydrogens is 330 g/mol. The van der Waals surface area contributed by atoms with Gasteiger partial charge in [0.25, 0.3) is 5.91 Å². The highest BCUT2D eigenvalue weighted by Gasteiger charge is 2.14. The van der Waals surface area contributed by atoms with Crippen molar-refractivity contribution in [3.05, 3.63) is 66.9 Å². The quantitative estimate of drug-likeness (QED) is 0.539. The SMILES string of the molecule is O=C(C=COc1ccccc1)Nc1ccc(SC2CCCCC2)cc1. The summed E-state index contributed by atoms with van der Waals surface area (Å²) in [6.07, 6.45) is 9.50. The Labute approximate surface area is 153 Å². The Morgan fingerprint density at radius 3 is 2.44 bits per heavy atom. The smallest absolute Gasteiger partial charge is 0.251 e. The summed E-state index contributed by atoms with van der Waals surface area (Å²) < 4.78 is 5.37. The predicted octanol–water partition coefficient (Wildman–Crippen LogP) is 5.64. The Hall–Kier alpha value is -2.20. The fraction of sp³-hybridized carbons (Fsp3) is 0.286. The fourth-order valence-electron chi connectivity index (χ4n) is 2.85. The summed E-state index contributed by atoms with van der Waals surface area (Å²) in [7, 11) is 0. The van der Waals surface area contributed by atoms with Crippen LogP contribution in [-0.2, 0) is 4.79 Å². The summed E-state index contributed by atoms with van der Waals surface area (Å²) in [5.74, 6) is 0.499. The maximum atomic E-state index is 11.9. The first-order valence-electron chi connectivity index (χ1n) is 8.75. The third-order valence-electron chi connectivity index (χ3n) is 4.14. The minimum absolute atomic E-state index is 0.205. The van der Waals surface area contributed by atoms with Crippen LogP contribution in [0.15, 0.2) is 71.8 Å². The van der Waals surface area contributed by atoms with Crippen LogP contribution in [0.1, 0.15) is 32.1 Å². The first-order chi connectivity index (χ1) is 12.3. The van der Waals surface area contributed by atoms with Gasteiger partial charge in [0.2, 0.25) is 0 Å². The molecule has 0 atom stereocenters. The Balaban J connectivity index is 1.46. The van der Waals surface area contributed by atoms with Gasteiger partial charge in [-0.2, -0.15) is 0 Å². The second-order valence-electron chi connectivity index (χ2n) is 6.13. The molecule has 0 aliphatic heterocycles. The van der Waals surface area contributed by atoms with Crippen molar-refractivity contribution in [1.82, 2.24) is 0 Å². The zero-order valence-electron chi connectivity index (χ0n) is 14.2. The highest BCUT2D eigenvalue weighted by atomic mass is 32.2. The van der Waals surface area contributed by atoms with Crippen molar-refractivity contribution in [3.63, 3.8) is 0 Å². The molecule has 1 aliphatic rings. The lowest BCUT2D eigenvalue weighted by Crippen LogP contribution is -2.09. The molecule has 1 N–H and O–H groups in total. The number of para-hydroxylation sites is 1. The third kappa shape index (κ3) is 5.98. The molecule has 2 aromatic carbocycles. The van der Waals surface area contributed by atoms with Gasteiger partial charge in [0.05, 0.1) is 6.26 Å². The van der Waals surface area contributed by atoms with Crippen LogP contribution in [0.2, 0.25) is 0 Å². The van der Waals surface area contributed by atoms with Gasteiger partial charge in [-0.25, -0.2) is 0 Å². The lowest BCUT2D eigenvalue weighted by Gasteiger charge is -2.20. The number of ether oxygens (including phenoxy) is 1. The Morgan fingerprint density at radius 2 is 1.72 bits per heavy atom. The number of anilines is 1. The van der Waals surface area contributed by atoms with Crippen LogP contribution in [0.3, 0.4) is 0 Å². The van der Waals surface area contributed by atoms with E-state index in [0.717, 1.165) is 10.9 Å². The summed E-state index contributed by atoms with van der Waals surface area (Å²) in [5, 5.41) is 3.59. The molecule has 0 aromatic heterocycles. The van der Waals surface area contributed by atoms with Crippen molar-refractivity contribution in [3.8, 4) is 5.75 Å². The fourth-order valence-corrected chi connectivity index (χ4v) is 4.10. The van der Waals surface area contributed by atoms with Crippen LogP contribution in [0, 0.1) is 0 Å². The van der Waals surface area contributed by atoms with E-state index in [1.807, 2.05) is 54.2 Å². The standard InChI is InChI=1S/C21H23NO2S/c23-21(15-16-24-18-7-3-1-4-8-18)22-17-11-13-20(14-12-17)25-19-9-5-2-6-10-19/h1,3-4,7-8,11-16,19H,2,5-6,9-10H2,(H,22,23). The molecule has 0 saturated heterocycles. The van der Waals surface area contributed by atoms with Crippen LogP contribution in [0.4, 0.5) is 5.69 Å². The topological polar surface area (TPSA) is 38.3 Å². The van der Waals surface area contributed by atoms with Gasteiger partial charge in [-0.05, 0) is 49.2 Å². The van der Waals surface area contributed by atoms with E-state index in [2.05, 4.69) is 17.4 Å². The van der Waals surface area contributed by atoms with Crippen LogP contribution >= 0.6 is 11.8 Å². The van der Waals surface area contributed by atoms with E-state index in [4.69, 9.17) is 4.74 Å². The van der Waals surface area contributed by atoms with E-state index < -0.39 is 0 Å². The zero-order chi connectivity index (χ0) is 17.3. The second-order valence-corrected chi connectivity index (χ2v) is 7.50. The van der Waals surface area contributed by atoms with E-state index in [0.29, 0.717) is 5.75 Å². The van der Waals surface area contributed by atoms with Crippen molar-refractivity contribution in [2.45, 2.75) is 42.2 Å². The molecule has 0 heterocycles. The first-order valence-corrected chi connectivity index (χ1v) is 9.63. The van der Waals surface area contributed by atoms with Gasteiger partial charge in [-0.3, -0.25) is 4.79 Å². The maximum absolute atomic E-state index is 11.9. The van der Waals surface area contributed by atoms with E-state index in [-0.39, 0.29) is 5.91 Å². The van der Waals surface area contributed by atoms with Gasteiger partial charge in [0.1, 0.15) is 5.75 Å². The monoisotopic (exact) mass is 353 g/mol. The van der Waals surface area contributed by atoms with Crippen LogP contribution < -0.4 is 10.1 Å². The van der Waals surface area contributed by atoms with Crippen LogP contribution in [-0.4, -0.2) is 11.2 Å². The maximum Gasteiger partial charge on any atom is 0.251 e. The zero-order valence-corrected chi connectivity index (χ0v) is 15.0. The van der Waals surface area contributed by atoms with Crippen molar-refractivity contribution in [2.75, 3.05) is 5.32 Å². The Morgan fingerprint density at radius 1 is 1.00 bits per heavy atom. The molecule has 1 saturated carbocycles. The molecule has 0 bridgehead atoms. The van der Waals surface area contributed by atoms with E-state index in [1.54, 1.807) is 0 Å². The predicted molar refractivity (Wildman–Crippen MR) is 104 cm³/mol. The molecule has 3 rings (SSSR count). The molecule has 0 radical (unpaired) electrons. The van der Waals surface area contributed by atoms with Gasteiger partial charge in [-0.1, -0.05) is 37.5 Å². The molecule has 4 heteroatoms. The Bertz CT molecular complexity index is 692. The molecule has 1 aliphatic carbocycles. The summed E-state index contributed by atoms with van der Waals surface area (Å²) in [6, 6.07) is 17.4. The van der Waals surface area contributed by atoms with Gasteiger partial charge < -0.3 is 10.1 Å². The van der Waals surface area contributed by atoms with E-state index in [9.17, 15) is 4.79 Å². The average Bonchev–Trinajstić information content (AvgIpc) is 2.65. The molecule has 25 heavy (non-hydrogen) atoms. The van der Waals surface area contributed by atoms with Crippen LogP contribution in [0.5, 0.6) is 5.75 Å².